The van der Waals surface area contributed by atoms with Crippen molar-refractivity contribution in [1.29, 1.82) is 0 Å². The van der Waals surface area contributed by atoms with E-state index >= 15 is 8.78 Å². The van der Waals surface area contributed by atoms with Gasteiger partial charge in [0.05, 0.1) is 13.2 Å². The Bertz CT molecular complexity index is 594. The summed E-state index contributed by atoms with van der Waals surface area (Å²) < 4.78 is 65.1. The van der Waals surface area contributed by atoms with Gasteiger partial charge in [-0.05, 0) is 32.6 Å². The lowest BCUT2D eigenvalue weighted by Gasteiger charge is -2.51. The standard InChI is InChI=1S/C26H48F2O8/c1-6-11-15-31-19-20-21(33-16-12-7-2)22(34-17-13-8-3)23(35-18-14-9-4)26(30,36-20)25(27,28)24(29)32-10-5/h20-23,30H,6-19H2,1-5H3/t20-,21-,22+,23-,26?/m1/s1. The van der Waals surface area contributed by atoms with Crippen molar-refractivity contribution in [3.63, 3.8) is 0 Å². The molecule has 8 nitrogen and oxygen atoms in total. The summed E-state index contributed by atoms with van der Waals surface area (Å²) in [6.45, 7) is 9.98. The zero-order valence-electron chi connectivity index (χ0n) is 22.8. The van der Waals surface area contributed by atoms with Crippen molar-refractivity contribution in [1.82, 2.24) is 0 Å². The second kappa shape index (κ2) is 17.6. The highest BCUT2D eigenvalue weighted by Gasteiger charge is 2.71. The van der Waals surface area contributed by atoms with Crippen molar-refractivity contribution in [3.05, 3.63) is 0 Å². The number of carbonyl (C=O) groups excluding carboxylic acids is 1. The molecule has 1 heterocycles. The lowest BCUT2D eigenvalue weighted by atomic mass is 9.87. The lowest BCUT2D eigenvalue weighted by molar-refractivity contribution is -0.415. The topological polar surface area (TPSA) is 92.7 Å². The first-order valence-electron chi connectivity index (χ1n) is 13.6. The summed E-state index contributed by atoms with van der Waals surface area (Å²) in [6, 6.07) is 0. The molecule has 1 aliphatic rings. The quantitative estimate of drug-likeness (QED) is 0.181. The van der Waals surface area contributed by atoms with Crippen LogP contribution in [0.3, 0.4) is 0 Å². The fourth-order valence-corrected chi connectivity index (χ4v) is 3.84. The molecule has 0 amide bonds. The number of unbranched alkanes of at least 4 members (excludes halogenated alkanes) is 4. The van der Waals surface area contributed by atoms with Crippen molar-refractivity contribution >= 4 is 5.97 Å². The third-order valence-corrected chi connectivity index (χ3v) is 6.02. The molecule has 0 aromatic rings. The Kier molecular flexibility index (Phi) is 16.2. The minimum absolute atomic E-state index is 0.0682. The lowest BCUT2D eigenvalue weighted by Crippen LogP contribution is -2.74. The van der Waals surface area contributed by atoms with Crippen LogP contribution in [0.1, 0.15) is 86.0 Å². The van der Waals surface area contributed by atoms with Crippen LogP contribution in [-0.4, -0.2) is 86.8 Å². The van der Waals surface area contributed by atoms with E-state index in [1.165, 1.54) is 6.92 Å². The summed E-state index contributed by atoms with van der Waals surface area (Å²) in [5.41, 5.74) is 0. The molecule has 0 bridgehead atoms. The van der Waals surface area contributed by atoms with E-state index in [4.69, 9.17) is 23.7 Å². The van der Waals surface area contributed by atoms with Crippen LogP contribution in [0.25, 0.3) is 0 Å². The number of aliphatic hydroxyl groups is 1. The maximum absolute atomic E-state index is 15.6. The molecule has 0 radical (unpaired) electrons. The van der Waals surface area contributed by atoms with Crippen molar-refractivity contribution < 1.29 is 47.1 Å². The summed E-state index contributed by atoms with van der Waals surface area (Å²) >= 11 is 0. The smallest absolute Gasteiger partial charge is 0.397 e. The number of rotatable bonds is 20. The van der Waals surface area contributed by atoms with Crippen LogP contribution in [0, 0.1) is 0 Å². The van der Waals surface area contributed by atoms with Crippen LogP contribution in [-0.2, 0) is 33.2 Å². The highest BCUT2D eigenvalue weighted by Crippen LogP contribution is 2.44. The van der Waals surface area contributed by atoms with Gasteiger partial charge in [0.2, 0.25) is 0 Å². The van der Waals surface area contributed by atoms with Crippen molar-refractivity contribution in [3.8, 4) is 0 Å². The molecule has 36 heavy (non-hydrogen) atoms. The zero-order valence-corrected chi connectivity index (χ0v) is 22.8. The monoisotopic (exact) mass is 526 g/mol. The molecule has 0 aliphatic carbocycles. The Hall–Kier alpha value is -0.910. The van der Waals surface area contributed by atoms with Gasteiger partial charge >= 0.3 is 11.9 Å². The third-order valence-electron chi connectivity index (χ3n) is 6.02. The molecule has 10 heteroatoms. The van der Waals surface area contributed by atoms with Crippen molar-refractivity contribution in [2.45, 2.75) is 122 Å². The van der Waals surface area contributed by atoms with Gasteiger partial charge in [-0.25, -0.2) is 4.79 Å². The van der Waals surface area contributed by atoms with E-state index in [1.807, 2.05) is 27.7 Å². The van der Waals surface area contributed by atoms with Gasteiger partial charge in [0.15, 0.2) is 0 Å². The Morgan fingerprint density at radius 3 is 1.86 bits per heavy atom. The Morgan fingerprint density at radius 1 is 0.833 bits per heavy atom. The summed E-state index contributed by atoms with van der Waals surface area (Å²) in [5, 5.41) is 11.5. The molecular formula is C26H48F2O8. The summed E-state index contributed by atoms with van der Waals surface area (Å²) in [5.74, 6) is -9.66. The van der Waals surface area contributed by atoms with Crippen LogP contribution in [0.15, 0.2) is 0 Å². The van der Waals surface area contributed by atoms with E-state index in [0.717, 1.165) is 38.5 Å². The molecule has 214 valence electrons. The molecule has 0 spiro atoms. The first-order valence-corrected chi connectivity index (χ1v) is 13.6. The van der Waals surface area contributed by atoms with Gasteiger partial charge in [-0.3, -0.25) is 0 Å². The number of hydrogen-bond acceptors (Lipinski definition) is 8. The maximum atomic E-state index is 15.6. The van der Waals surface area contributed by atoms with E-state index in [-0.39, 0.29) is 26.4 Å². The minimum atomic E-state index is -4.43. The second-order valence-electron chi connectivity index (χ2n) is 9.10. The summed E-state index contributed by atoms with van der Waals surface area (Å²) in [6.07, 6.45) is 1.28. The molecule has 1 N–H and O–H groups in total. The fourth-order valence-electron chi connectivity index (χ4n) is 3.84. The molecule has 0 saturated carbocycles. The molecule has 1 fully saturated rings. The second-order valence-corrected chi connectivity index (χ2v) is 9.10. The Labute approximate surface area is 215 Å². The maximum Gasteiger partial charge on any atom is 0.397 e. The van der Waals surface area contributed by atoms with E-state index in [0.29, 0.717) is 26.1 Å². The number of carbonyl (C=O) groups is 1. The summed E-state index contributed by atoms with van der Waals surface area (Å²) in [4.78, 5) is 12.3. The average molecular weight is 527 g/mol. The molecule has 5 atom stereocenters. The number of ether oxygens (including phenoxy) is 6. The predicted octanol–water partition coefficient (Wildman–Crippen LogP) is 4.64. The van der Waals surface area contributed by atoms with Gasteiger partial charge in [0.25, 0.3) is 5.79 Å². The normalized spacial score (nSPS) is 26.8. The van der Waals surface area contributed by atoms with Gasteiger partial charge in [-0.15, -0.1) is 0 Å². The fraction of sp³-hybridized carbons (Fsp3) is 0.962. The Morgan fingerprint density at radius 2 is 1.33 bits per heavy atom. The molecular weight excluding hydrogens is 478 g/mol. The van der Waals surface area contributed by atoms with Crippen LogP contribution in [0.5, 0.6) is 0 Å². The predicted molar refractivity (Wildman–Crippen MR) is 131 cm³/mol. The highest BCUT2D eigenvalue weighted by atomic mass is 19.3. The first kappa shape index (κ1) is 33.1. The van der Waals surface area contributed by atoms with E-state index in [1.54, 1.807) is 0 Å². The third kappa shape index (κ3) is 9.13. The molecule has 1 saturated heterocycles. The van der Waals surface area contributed by atoms with Gasteiger partial charge < -0.3 is 33.5 Å². The van der Waals surface area contributed by atoms with Crippen molar-refractivity contribution in [2.24, 2.45) is 0 Å². The number of esters is 1. The largest absolute Gasteiger partial charge is 0.461 e. The first-order chi connectivity index (χ1) is 17.2. The number of hydrogen-bond donors (Lipinski definition) is 1. The van der Waals surface area contributed by atoms with Gasteiger partial charge in [0, 0.05) is 26.4 Å². The van der Waals surface area contributed by atoms with E-state index in [9.17, 15) is 9.90 Å². The molecule has 1 aliphatic heterocycles. The van der Waals surface area contributed by atoms with Gasteiger partial charge in [-0.2, -0.15) is 8.78 Å². The van der Waals surface area contributed by atoms with Crippen LogP contribution in [0.4, 0.5) is 8.78 Å². The minimum Gasteiger partial charge on any atom is -0.461 e. The van der Waals surface area contributed by atoms with E-state index in [2.05, 4.69) is 4.74 Å². The highest BCUT2D eigenvalue weighted by molar-refractivity contribution is 5.79. The summed E-state index contributed by atoms with van der Waals surface area (Å²) in [7, 11) is 0. The Balaban J connectivity index is 3.47. The average Bonchev–Trinajstić information content (AvgIpc) is 2.85. The molecule has 1 unspecified atom stereocenters. The van der Waals surface area contributed by atoms with Crippen LogP contribution < -0.4 is 0 Å². The number of alkyl halides is 2. The molecule has 1 rings (SSSR count). The van der Waals surface area contributed by atoms with Gasteiger partial charge in [0.1, 0.15) is 24.4 Å². The molecule has 0 aromatic heterocycles. The van der Waals surface area contributed by atoms with Crippen molar-refractivity contribution in [2.75, 3.05) is 39.6 Å². The van der Waals surface area contributed by atoms with Crippen LogP contribution >= 0.6 is 0 Å². The zero-order chi connectivity index (χ0) is 27.0. The molecule has 0 aromatic carbocycles. The van der Waals surface area contributed by atoms with Gasteiger partial charge in [-0.1, -0.05) is 53.4 Å². The number of halogens is 2. The van der Waals surface area contributed by atoms with Crippen LogP contribution in [0.2, 0.25) is 0 Å². The SMILES string of the molecule is CCCCOC[C@H]1OC(O)(C(F)(F)C(=O)OCC)[C@H](OCCCC)[C@@H](OCCCC)[C@@H]1OCCCC. The van der Waals surface area contributed by atoms with E-state index < -0.39 is 42.1 Å².